The Balaban J connectivity index is 1.39. The highest BCUT2D eigenvalue weighted by atomic mass is 16.6. The van der Waals surface area contributed by atoms with Gasteiger partial charge in [-0.3, -0.25) is 0 Å². The van der Waals surface area contributed by atoms with E-state index in [1.807, 2.05) is 13.0 Å². The normalized spacial score (nSPS) is 40.4. The zero-order valence-electron chi connectivity index (χ0n) is 21.7. The van der Waals surface area contributed by atoms with Crippen molar-refractivity contribution in [3.63, 3.8) is 0 Å². The maximum Gasteiger partial charge on any atom is 0.166 e. The van der Waals surface area contributed by atoms with Gasteiger partial charge in [-0.25, -0.2) is 0 Å². The minimum absolute atomic E-state index is 0.0866. The summed E-state index contributed by atoms with van der Waals surface area (Å²) in [5, 5.41) is 16.1. The predicted molar refractivity (Wildman–Crippen MR) is 139 cm³/mol. The third kappa shape index (κ3) is 2.52. The summed E-state index contributed by atoms with van der Waals surface area (Å²) in [6, 6.07) is 15.2. The first-order valence-electron chi connectivity index (χ1n) is 13.5. The van der Waals surface area contributed by atoms with Crippen molar-refractivity contribution in [1.29, 1.82) is 0 Å². The van der Waals surface area contributed by atoms with Crippen LogP contribution in [0, 0.1) is 17.3 Å². The summed E-state index contributed by atoms with van der Waals surface area (Å²) in [4.78, 5) is 0. The van der Waals surface area contributed by atoms with Crippen LogP contribution >= 0.6 is 0 Å². The maximum atomic E-state index is 12.2. The fourth-order valence-electron chi connectivity index (χ4n) is 9.10. The first-order chi connectivity index (χ1) is 17.3. The fourth-order valence-corrected chi connectivity index (χ4v) is 9.10. The van der Waals surface area contributed by atoms with Crippen LogP contribution in [0.4, 0.5) is 0 Å². The van der Waals surface area contributed by atoms with Gasteiger partial charge in [0.05, 0.1) is 18.1 Å². The van der Waals surface area contributed by atoms with Gasteiger partial charge in [-0.2, -0.15) is 0 Å². The Kier molecular flexibility index (Phi) is 4.67. The summed E-state index contributed by atoms with van der Waals surface area (Å²) < 4.78 is 19.3. The number of hydrogen-bond acceptors (Lipinski definition) is 5. The van der Waals surface area contributed by atoms with Gasteiger partial charge in [0.2, 0.25) is 0 Å². The third-order valence-electron chi connectivity index (χ3n) is 10.8. The lowest BCUT2D eigenvalue weighted by molar-refractivity contribution is -0.243. The number of aliphatic hydroxyl groups is 1. The van der Waals surface area contributed by atoms with Crippen molar-refractivity contribution in [3.8, 4) is 11.5 Å². The summed E-state index contributed by atoms with van der Waals surface area (Å²) in [6.07, 6.45) is 7.92. The molecule has 2 aliphatic heterocycles. The molecule has 5 heteroatoms. The molecule has 4 bridgehead atoms. The van der Waals surface area contributed by atoms with Gasteiger partial charge in [0.15, 0.2) is 11.5 Å². The first kappa shape index (κ1) is 22.8. The van der Waals surface area contributed by atoms with Crippen LogP contribution in [0.5, 0.6) is 11.5 Å². The summed E-state index contributed by atoms with van der Waals surface area (Å²) in [5.74, 6) is 2.01. The third-order valence-corrected chi connectivity index (χ3v) is 10.8. The summed E-state index contributed by atoms with van der Waals surface area (Å²) >= 11 is 0. The van der Waals surface area contributed by atoms with Gasteiger partial charge in [-0.05, 0) is 62.6 Å². The Hall–Kier alpha value is -2.34. The van der Waals surface area contributed by atoms with E-state index in [2.05, 4.69) is 60.8 Å². The van der Waals surface area contributed by atoms with Gasteiger partial charge in [0, 0.05) is 36.6 Å². The number of ether oxygens (including phenoxy) is 3. The number of benzene rings is 2. The Bertz CT molecular complexity index is 1240. The van der Waals surface area contributed by atoms with Gasteiger partial charge >= 0.3 is 0 Å². The molecule has 1 saturated heterocycles. The molecule has 190 valence electrons. The molecule has 0 radical (unpaired) electrons. The molecule has 2 N–H and O–H groups in total. The molecular formula is C31H37NO4. The van der Waals surface area contributed by atoms with Crippen molar-refractivity contribution in [2.45, 2.75) is 68.3 Å². The molecule has 6 aliphatic rings. The molecule has 2 fully saturated rings. The Morgan fingerprint density at radius 2 is 1.94 bits per heavy atom. The lowest BCUT2D eigenvalue weighted by Gasteiger charge is -2.72. The molecule has 5 nitrogen and oxygen atoms in total. The Morgan fingerprint density at radius 3 is 2.69 bits per heavy atom. The first-order valence-corrected chi connectivity index (χ1v) is 13.5. The molecule has 2 spiro atoms. The molecule has 0 amide bonds. The Labute approximate surface area is 213 Å². The molecule has 36 heavy (non-hydrogen) atoms. The van der Waals surface area contributed by atoms with E-state index in [-0.39, 0.29) is 22.9 Å². The lowest BCUT2D eigenvalue weighted by Crippen LogP contribution is -2.81. The van der Waals surface area contributed by atoms with Crippen molar-refractivity contribution in [2.24, 2.45) is 17.3 Å². The quantitative estimate of drug-likeness (QED) is 0.598. The predicted octanol–water partition coefficient (Wildman–Crippen LogP) is 4.20. The number of methoxy groups -OCH3 is 2. The van der Waals surface area contributed by atoms with Crippen molar-refractivity contribution in [2.75, 3.05) is 20.8 Å². The van der Waals surface area contributed by atoms with Crippen LogP contribution in [0.3, 0.4) is 0 Å². The molecule has 2 heterocycles. The van der Waals surface area contributed by atoms with Crippen molar-refractivity contribution >= 4 is 0 Å². The number of piperidine rings is 1. The minimum atomic E-state index is -0.918. The second-order valence-corrected chi connectivity index (χ2v) is 12.1. The molecule has 8 rings (SSSR count). The van der Waals surface area contributed by atoms with Crippen molar-refractivity contribution in [1.82, 2.24) is 5.32 Å². The number of hydrogen-bond donors (Lipinski definition) is 2. The smallest absolute Gasteiger partial charge is 0.166 e. The van der Waals surface area contributed by atoms with Crippen LogP contribution in [0.1, 0.15) is 43.4 Å². The van der Waals surface area contributed by atoms with E-state index in [1.165, 1.54) is 16.7 Å². The van der Waals surface area contributed by atoms with Gasteiger partial charge in [-0.1, -0.05) is 48.6 Å². The molecule has 2 aromatic rings. The van der Waals surface area contributed by atoms with E-state index in [4.69, 9.17) is 14.2 Å². The molecule has 8 atom stereocenters. The molecule has 1 saturated carbocycles. The van der Waals surface area contributed by atoms with Crippen LogP contribution in [0.25, 0.3) is 0 Å². The van der Waals surface area contributed by atoms with Gasteiger partial charge in [0.25, 0.3) is 0 Å². The SMILES string of the molecule is COc1ccc2c3c1O[C@H]1[C@@]4(OC)C=C[C@@]5(C[C@@H]4[C@](C)(O)CCc4ccccc4)[C@@H](C2)C(C)NC[C@]315. The topological polar surface area (TPSA) is 60.0 Å². The molecular weight excluding hydrogens is 450 g/mol. The highest BCUT2D eigenvalue weighted by molar-refractivity contribution is 5.65. The summed E-state index contributed by atoms with van der Waals surface area (Å²) in [6.45, 7) is 5.19. The van der Waals surface area contributed by atoms with E-state index < -0.39 is 11.2 Å². The molecule has 4 aliphatic carbocycles. The van der Waals surface area contributed by atoms with Gasteiger partial charge in [0.1, 0.15) is 11.7 Å². The maximum absolute atomic E-state index is 12.2. The molecule has 2 aromatic carbocycles. The zero-order valence-corrected chi connectivity index (χ0v) is 21.7. The number of fused-ring (bicyclic) bond motifs is 1. The van der Waals surface area contributed by atoms with E-state index >= 15 is 0 Å². The van der Waals surface area contributed by atoms with E-state index in [9.17, 15) is 5.11 Å². The van der Waals surface area contributed by atoms with E-state index in [0.717, 1.165) is 37.3 Å². The van der Waals surface area contributed by atoms with Gasteiger partial charge in [-0.15, -0.1) is 0 Å². The van der Waals surface area contributed by atoms with Crippen LogP contribution in [0.2, 0.25) is 0 Å². The number of aryl methyl sites for hydroxylation is 1. The average molecular weight is 488 g/mol. The Morgan fingerprint density at radius 1 is 1.14 bits per heavy atom. The highest BCUT2D eigenvalue weighted by Crippen LogP contribution is 2.75. The number of nitrogens with one attached hydrogen (secondary N) is 1. The van der Waals surface area contributed by atoms with Crippen LogP contribution in [-0.2, 0) is 23.0 Å². The number of rotatable bonds is 6. The summed E-state index contributed by atoms with van der Waals surface area (Å²) in [7, 11) is 3.52. The molecule has 0 aromatic heterocycles. The van der Waals surface area contributed by atoms with Crippen LogP contribution in [-0.4, -0.2) is 49.2 Å². The summed E-state index contributed by atoms with van der Waals surface area (Å²) in [5.41, 5.74) is 1.97. The zero-order chi connectivity index (χ0) is 24.9. The fraction of sp³-hybridized carbons (Fsp3) is 0.548. The molecule has 1 unspecified atom stereocenters. The second kappa shape index (κ2) is 7.37. The van der Waals surface area contributed by atoms with Gasteiger partial charge < -0.3 is 24.6 Å². The van der Waals surface area contributed by atoms with Crippen molar-refractivity contribution in [3.05, 3.63) is 71.3 Å². The lowest BCUT2D eigenvalue weighted by atomic mass is 9.35. The standard InChI is InChI=1S/C31H37NO4/c1-19-22-16-21-10-11-23(34-3)26-25(21)30(18-32-19)27(36-26)31(35-4)15-14-29(22,30)17-24(31)28(2,33)13-12-20-8-6-5-7-9-20/h5-11,14-15,19,22,24,27,32-33H,12-13,16-18H2,1-4H3/t19?,22-,24+,27+,28+,29+,30-,31+/m0/s1. The van der Waals surface area contributed by atoms with Crippen molar-refractivity contribution < 1.29 is 19.3 Å². The minimum Gasteiger partial charge on any atom is -0.493 e. The highest BCUT2D eigenvalue weighted by Gasteiger charge is 2.80. The number of allylic oxidation sites excluding steroid dienone is 1. The largest absolute Gasteiger partial charge is 0.493 e. The van der Waals surface area contributed by atoms with E-state index in [1.54, 1.807) is 14.2 Å². The second-order valence-electron chi connectivity index (χ2n) is 12.1. The monoisotopic (exact) mass is 487 g/mol. The van der Waals surface area contributed by atoms with Crippen LogP contribution in [0.15, 0.2) is 54.6 Å². The van der Waals surface area contributed by atoms with Crippen LogP contribution < -0.4 is 14.8 Å². The van der Waals surface area contributed by atoms with E-state index in [0.29, 0.717) is 18.4 Å². The average Bonchev–Trinajstić information content (AvgIpc) is 3.27.